The molecule has 0 saturated carbocycles. The predicted molar refractivity (Wildman–Crippen MR) is 62.2 cm³/mol. The van der Waals surface area contributed by atoms with Crippen LogP contribution in [0.5, 0.6) is 0 Å². The highest BCUT2D eigenvalue weighted by Gasteiger charge is 2.25. The number of ether oxygens (including phenoxy) is 1. The van der Waals surface area contributed by atoms with Crippen LogP contribution in [0.4, 0.5) is 0 Å². The molecule has 2 unspecified atom stereocenters. The number of methoxy groups -OCH3 is 1. The van der Waals surface area contributed by atoms with Crippen molar-refractivity contribution < 1.29 is 4.74 Å². The SMILES string of the molecule is COC1CCCNC1c1cccc(Cl)c1. The Balaban J connectivity index is 2.20. The Morgan fingerprint density at radius 2 is 2.33 bits per heavy atom. The lowest BCUT2D eigenvalue weighted by Gasteiger charge is -2.32. The zero-order valence-electron chi connectivity index (χ0n) is 8.87. The second kappa shape index (κ2) is 4.97. The van der Waals surface area contributed by atoms with Crippen molar-refractivity contribution in [3.8, 4) is 0 Å². The van der Waals surface area contributed by atoms with Gasteiger partial charge in [-0.25, -0.2) is 0 Å². The Hall–Kier alpha value is -0.570. The van der Waals surface area contributed by atoms with Gasteiger partial charge in [-0.2, -0.15) is 0 Å². The van der Waals surface area contributed by atoms with E-state index in [1.54, 1.807) is 7.11 Å². The van der Waals surface area contributed by atoms with Gasteiger partial charge >= 0.3 is 0 Å². The van der Waals surface area contributed by atoms with Gasteiger partial charge in [0.1, 0.15) is 0 Å². The summed E-state index contributed by atoms with van der Waals surface area (Å²) < 4.78 is 5.49. The summed E-state index contributed by atoms with van der Waals surface area (Å²) in [7, 11) is 1.77. The van der Waals surface area contributed by atoms with E-state index in [9.17, 15) is 0 Å². The quantitative estimate of drug-likeness (QED) is 0.836. The molecule has 15 heavy (non-hydrogen) atoms. The summed E-state index contributed by atoms with van der Waals surface area (Å²) in [6, 6.07) is 8.27. The highest BCUT2D eigenvalue weighted by Crippen LogP contribution is 2.27. The first-order valence-corrected chi connectivity index (χ1v) is 5.70. The van der Waals surface area contributed by atoms with E-state index in [1.807, 2.05) is 18.2 Å². The summed E-state index contributed by atoms with van der Waals surface area (Å²) >= 11 is 5.99. The van der Waals surface area contributed by atoms with E-state index in [1.165, 1.54) is 12.0 Å². The van der Waals surface area contributed by atoms with Crippen molar-refractivity contribution >= 4 is 11.6 Å². The topological polar surface area (TPSA) is 21.3 Å². The number of halogens is 1. The van der Waals surface area contributed by atoms with Crippen molar-refractivity contribution in [3.63, 3.8) is 0 Å². The first-order chi connectivity index (χ1) is 7.31. The van der Waals surface area contributed by atoms with Gasteiger partial charge in [0.05, 0.1) is 12.1 Å². The predicted octanol–water partition coefficient (Wildman–Crippen LogP) is 2.78. The Morgan fingerprint density at radius 1 is 1.47 bits per heavy atom. The summed E-state index contributed by atoms with van der Waals surface area (Å²) in [5.41, 5.74) is 1.22. The maximum atomic E-state index is 5.99. The van der Waals surface area contributed by atoms with Crippen molar-refractivity contribution in [2.75, 3.05) is 13.7 Å². The lowest BCUT2D eigenvalue weighted by Crippen LogP contribution is -2.38. The van der Waals surface area contributed by atoms with Gasteiger partial charge in [0, 0.05) is 12.1 Å². The van der Waals surface area contributed by atoms with Crippen LogP contribution in [0.3, 0.4) is 0 Å². The molecule has 3 heteroatoms. The van der Waals surface area contributed by atoms with E-state index < -0.39 is 0 Å². The minimum Gasteiger partial charge on any atom is -0.379 e. The second-order valence-electron chi connectivity index (χ2n) is 3.90. The van der Waals surface area contributed by atoms with E-state index in [4.69, 9.17) is 16.3 Å². The van der Waals surface area contributed by atoms with Crippen LogP contribution < -0.4 is 5.32 Å². The van der Waals surface area contributed by atoms with E-state index in [-0.39, 0.29) is 12.1 Å². The minimum atomic E-state index is 0.261. The Morgan fingerprint density at radius 3 is 3.07 bits per heavy atom. The molecule has 0 aliphatic carbocycles. The van der Waals surface area contributed by atoms with Crippen LogP contribution >= 0.6 is 11.6 Å². The van der Waals surface area contributed by atoms with Gasteiger partial charge in [-0.15, -0.1) is 0 Å². The van der Waals surface area contributed by atoms with Crippen LogP contribution in [0.2, 0.25) is 5.02 Å². The second-order valence-corrected chi connectivity index (χ2v) is 4.34. The number of hydrogen-bond donors (Lipinski definition) is 1. The number of piperidine rings is 1. The molecule has 1 aliphatic rings. The normalized spacial score (nSPS) is 26.5. The highest BCUT2D eigenvalue weighted by atomic mass is 35.5. The van der Waals surface area contributed by atoms with Crippen LogP contribution in [-0.4, -0.2) is 19.8 Å². The maximum absolute atomic E-state index is 5.99. The molecular formula is C12H16ClNO. The van der Waals surface area contributed by atoms with Gasteiger partial charge in [0.2, 0.25) is 0 Å². The fourth-order valence-electron chi connectivity index (χ4n) is 2.15. The lowest BCUT2D eigenvalue weighted by molar-refractivity contribution is 0.0452. The molecule has 82 valence electrons. The van der Waals surface area contributed by atoms with Gasteiger partial charge in [-0.3, -0.25) is 0 Å². The van der Waals surface area contributed by atoms with Crippen LogP contribution in [0, 0.1) is 0 Å². The molecular weight excluding hydrogens is 210 g/mol. The van der Waals surface area contributed by atoms with Crippen molar-refractivity contribution in [1.29, 1.82) is 0 Å². The van der Waals surface area contributed by atoms with Gasteiger partial charge in [-0.1, -0.05) is 23.7 Å². The molecule has 2 rings (SSSR count). The highest BCUT2D eigenvalue weighted by molar-refractivity contribution is 6.30. The Kier molecular flexibility index (Phi) is 3.62. The standard InChI is InChI=1S/C12H16ClNO/c1-15-11-6-3-7-14-12(11)9-4-2-5-10(13)8-9/h2,4-5,8,11-12,14H,3,6-7H2,1H3. The molecule has 2 atom stereocenters. The smallest absolute Gasteiger partial charge is 0.0766 e. The summed E-state index contributed by atoms with van der Waals surface area (Å²) in [5, 5.41) is 4.27. The number of hydrogen-bond acceptors (Lipinski definition) is 2. The molecule has 1 aromatic rings. The van der Waals surface area contributed by atoms with E-state index in [2.05, 4.69) is 11.4 Å². The molecule has 0 spiro atoms. The molecule has 1 heterocycles. The average molecular weight is 226 g/mol. The number of rotatable bonds is 2. The van der Waals surface area contributed by atoms with E-state index >= 15 is 0 Å². The van der Waals surface area contributed by atoms with Crippen LogP contribution in [-0.2, 0) is 4.74 Å². The monoisotopic (exact) mass is 225 g/mol. The Bertz CT molecular complexity index is 329. The summed E-state index contributed by atoms with van der Waals surface area (Å²) in [6.45, 7) is 1.05. The molecule has 0 amide bonds. The third kappa shape index (κ3) is 2.51. The van der Waals surface area contributed by atoms with Crippen molar-refractivity contribution in [2.45, 2.75) is 25.0 Å². The van der Waals surface area contributed by atoms with Crippen LogP contribution in [0.1, 0.15) is 24.4 Å². The first-order valence-electron chi connectivity index (χ1n) is 5.33. The van der Waals surface area contributed by atoms with Gasteiger partial charge in [-0.05, 0) is 37.1 Å². The minimum absolute atomic E-state index is 0.261. The number of benzene rings is 1. The number of nitrogens with one attached hydrogen (secondary N) is 1. The van der Waals surface area contributed by atoms with E-state index in [0.717, 1.165) is 18.0 Å². The fourth-order valence-corrected chi connectivity index (χ4v) is 2.34. The molecule has 2 nitrogen and oxygen atoms in total. The average Bonchev–Trinajstić information content (AvgIpc) is 2.29. The third-order valence-corrected chi connectivity index (χ3v) is 3.15. The van der Waals surface area contributed by atoms with E-state index in [0.29, 0.717) is 0 Å². The molecule has 1 N–H and O–H groups in total. The van der Waals surface area contributed by atoms with Crippen molar-refractivity contribution in [3.05, 3.63) is 34.9 Å². The van der Waals surface area contributed by atoms with Gasteiger partial charge < -0.3 is 10.1 Å². The van der Waals surface area contributed by atoms with Crippen molar-refractivity contribution in [1.82, 2.24) is 5.32 Å². The molecule has 1 aromatic carbocycles. The third-order valence-electron chi connectivity index (χ3n) is 2.91. The van der Waals surface area contributed by atoms with Crippen molar-refractivity contribution in [2.24, 2.45) is 0 Å². The summed E-state index contributed by atoms with van der Waals surface area (Å²) in [4.78, 5) is 0. The molecule has 0 bridgehead atoms. The summed E-state index contributed by atoms with van der Waals surface area (Å²) in [5.74, 6) is 0. The zero-order valence-corrected chi connectivity index (χ0v) is 9.63. The fraction of sp³-hybridized carbons (Fsp3) is 0.500. The maximum Gasteiger partial charge on any atom is 0.0766 e. The van der Waals surface area contributed by atoms with Gasteiger partial charge in [0.25, 0.3) is 0 Å². The lowest BCUT2D eigenvalue weighted by atomic mass is 9.94. The molecule has 1 saturated heterocycles. The summed E-state index contributed by atoms with van der Waals surface area (Å²) in [6.07, 6.45) is 2.55. The van der Waals surface area contributed by atoms with Crippen LogP contribution in [0.15, 0.2) is 24.3 Å². The first kappa shape index (κ1) is 10.9. The largest absolute Gasteiger partial charge is 0.379 e. The zero-order chi connectivity index (χ0) is 10.7. The van der Waals surface area contributed by atoms with Gasteiger partial charge in [0.15, 0.2) is 0 Å². The Labute approximate surface area is 95.6 Å². The molecule has 1 aliphatic heterocycles. The molecule has 1 fully saturated rings. The van der Waals surface area contributed by atoms with Crippen LogP contribution in [0.25, 0.3) is 0 Å². The molecule has 0 aromatic heterocycles. The molecule has 0 radical (unpaired) electrons.